The summed E-state index contributed by atoms with van der Waals surface area (Å²) in [4.78, 5) is 12.2. The van der Waals surface area contributed by atoms with E-state index in [-0.39, 0.29) is 12.6 Å². The molecule has 0 fully saturated rings. The molecule has 2 atom stereocenters. The molecule has 0 radical (unpaired) electrons. The van der Waals surface area contributed by atoms with E-state index in [1.165, 1.54) is 13.4 Å². The molecule has 0 saturated heterocycles. The molecule has 17 heavy (non-hydrogen) atoms. The number of imidazole rings is 1. The Morgan fingerprint density at radius 1 is 1.41 bits per heavy atom. The number of rotatable bonds is 4. The highest BCUT2D eigenvalue weighted by atomic mass is 16.5. The number of ether oxygens (including phenoxy) is 1. The lowest BCUT2D eigenvalue weighted by Gasteiger charge is -2.18. The molecule has 0 spiro atoms. The Labute approximate surface area is 97.7 Å². The molecular weight excluding hydrogens is 224 g/mol. The molecule has 2 heterocycles. The Morgan fingerprint density at radius 2 is 2.18 bits per heavy atom. The van der Waals surface area contributed by atoms with Gasteiger partial charge in [0.05, 0.1) is 32.2 Å². The maximum Gasteiger partial charge on any atom is 0.245 e. The maximum atomic E-state index is 9.61. The van der Waals surface area contributed by atoms with Crippen LogP contribution in [0.25, 0.3) is 11.2 Å². The second-order valence-corrected chi connectivity index (χ2v) is 3.70. The summed E-state index contributed by atoms with van der Waals surface area (Å²) < 4.78 is 6.75. The monoisotopic (exact) mass is 238 g/mol. The van der Waals surface area contributed by atoms with Crippen molar-refractivity contribution >= 4 is 11.2 Å². The first-order valence-electron chi connectivity index (χ1n) is 5.19. The van der Waals surface area contributed by atoms with Crippen LogP contribution in [0, 0.1) is 0 Å². The fourth-order valence-electron chi connectivity index (χ4n) is 1.62. The van der Waals surface area contributed by atoms with Crippen LogP contribution < -0.4 is 4.74 Å². The van der Waals surface area contributed by atoms with Crippen molar-refractivity contribution in [3.63, 3.8) is 0 Å². The first-order valence-corrected chi connectivity index (χ1v) is 5.19. The van der Waals surface area contributed by atoms with Gasteiger partial charge in [0.25, 0.3) is 0 Å². The fraction of sp³-hybridized carbons (Fsp3) is 0.500. The number of hydrogen-bond donors (Lipinski definition) is 2. The lowest BCUT2D eigenvalue weighted by Crippen LogP contribution is -2.24. The minimum absolute atomic E-state index is 0.316. The maximum absolute atomic E-state index is 9.61. The van der Waals surface area contributed by atoms with Crippen LogP contribution in [0.2, 0.25) is 0 Å². The van der Waals surface area contributed by atoms with E-state index in [0.29, 0.717) is 17.0 Å². The molecule has 0 aliphatic heterocycles. The van der Waals surface area contributed by atoms with Crippen molar-refractivity contribution < 1.29 is 14.9 Å². The minimum atomic E-state index is -0.867. The molecule has 2 unspecified atom stereocenters. The Kier molecular flexibility index (Phi) is 3.21. The molecule has 7 nitrogen and oxygen atoms in total. The summed E-state index contributed by atoms with van der Waals surface area (Å²) in [6, 6.07) is -0.329. The van der Waals surface area contributed by atoms with Gasteiger partial charge in [-0.3, -0.25) is 0 Å². The molecular formula is C10H14N4O3. The highest BCUT2D eigenvalue weighted by Gasteiger charge is 2.19. The summed E-state index contributed by atoms with van der Waals surface area (Å²) in [6.07, 6.45) is 2.05. The number of hydrogen-bond acceptors (Lipinski definition) is 6. The standard InChI is InChI=1S/C10H14N4O3/c1-6(7(16)3-15)14-5-13-8-9(14)11-4-12-10(8)17-2/h4-7,15-16H,3H2,1-2H3. The van der Waals surface area contributed by atoms with Crippen LogP contribution in [0.1, 0.15) is 13.0 Å². The van der Waals surface area contributed by atoms with E-state index in [4.69, 9.17) is 9.84 Å². The largest absolute Gasteiger partial charge is 0.479 e. The number of fused-ring (bicyclic) bond motifs is 1. The Hall–Kier alpha value is -1.73. The van der Waals surface area contributed by atoms with Crippen molar-refractivity contribution in [2.75, 3.05) is 13.7 Å². The zero-order valence-electron chi connectivity index (χ0n) is 9.61. The average molecular weight is 238 g/mol. The lowest BCUT2D eigenvalue weighted by molar-refractivity contribution is 0.0585. The van der Waals surface area contributed by atoms with Gasteiger partial charge in [0.15, 0.2) is 11.2 Å². The van der Waals surface area contributed by atoms with Crippen molar-refractivity contribution in [2.24, 2.45) is 0 Å². The van der Waals surface area contributed by atoms with E-state index in [9.17, 15) is 5.11 Å². The van der Waals surface area contributed by atoms with Gasteiger partial charge in [-0.05, 0) is 6.92 Å². The van der Waals surface area contributed by atoms with Crippen LogP contribution in [-0.4, -0.2) is 49.6 Å². The van der Waals surface area contributed by atoms with Crippen molar-refractivity contribution in [3.05, 3.63) is 12.7 Å². The van der Waals surface area contributed by atoms with Crippen LogP contribution in [0.4, 0.5) is 0 Å². The fourth-order valence-corrected chi connectivity index (χ4v) is 1.62. The average Bonchev–Trinajstić information content (AvgIpc) is 2.80. The number of nitrogens with zero attached hydrogens (tertiary/aromatic N) is 4. The molecule has 2 rings (SSSR count). The van der Waals surface area contributed by atoms with E-state index in [1.807, 2.05) is 0 Å². The first kappa shape index (κ1) is 11.7. The van der Waals surface area contributed by atoms with Crippen LogP contribution in [-0.2, 0) is 0 Å². The number of aliphatic hydroxyl groups is 2. The predicted molar refractivity (Wildman–Crippen MR) is 59.7 cm³/mol. The number of methoxy groups -OCH3 is 1. The van der Waals surface area contributed by atoms with E-state index in [2.05, 4.69) is 15.0 Å². The zero-order chi connectivity index (χ0) is 12.4. The van der Waals surface area contributed by atoms with Crippen LogP contribution >= 0.6 is 0 Å². The van der Waals surface area contributed by atoms with E-state index < -0.39 is 6.10 Å². The van der Waals surface area contributed by atoms with Gasteiger partial charge in [-0.25, -0.2) is 9.97 Å². The molecule has 2 aromatic rings. The van der Waals surface area contributed by atoms with Gasteiger partial charge in [-0.1, -0.05) is 0 Å². The molecule has 7 heteroatoms. The lowest BCUT2D eigenvalue weighted by atomic mass is 10.2. The van der Waals surface area contributed by atoms with Gasteiger partial charge in [-0.15, -0.1) is 0 Å². The second kappa shape index (κ2) is 4.64. The van der Waals surface area contributed by atoms with Gasteiger partial charge >= 0.3 is 0 Å². The third-order valence-corrected chi connectivity index (χ3v) is 2.70. The van der Waals surface area contributed by atoms with Gasteiger partial charge < -0.3 is 19.5 Å². The molecule has 0 amide bonds. The zero-order valence-corrected chi connectivity index (χ0v) is 9.61. The van der Waals surface area contributed by atoms with Crippen molar-refractivity contribution in [2.45, 2.75) is 19.1 Å². The quantitative estimate of drug-likeness (QED) is 0.762. The minimum Gasteiger partial charge on any atom is -0.479 e. The normalized spacial score (nSPS) is 14.8. The summed E-state index contributed by atoms with van der Waals surface area (Å²) >= 11 is 0. The van der Waals surface area contributed by atoms with Crippen molar-refractivity contribution in [3.8, 4) is 5.88 Å². The van der Waals surface area contributed by atoms with Gasteiger partial charge in [0.1, 0.15) is 6.33 Å². The number of aliphatic hydroxyl groups excluding tert-OH is 2. The molecule has 0 aliphatic carbocycles. The van der Waals surface area contributed by atoms with Crippen LogP contribution in [0.5, 0.6) is 5.88 Å². The molecule has 2 N–H and O–H groups in total. The first-order chi connectivity index (χ1) is 8.19. The van der Waals surface area contributed by atoms with Crippen LogP contribution in [0.15, 0.2) is 12.7 Å². The second-order valence-electron chi connectivity index (χ2n) is 3.70. The van der Waals surface area contributed by atoms with Gasteiger partial charge in [0, 0.05) is 0 Å². The third kappa shape index (κ3) is 1.94. The van der Waals surface area contributed by atoms with E-state index in [0.717, 1.165) is 0 Å². The summed E-state index contributed by atoms with van der Waals surface area (Å²) in [5, 5.41) is 18.5. The molecule has 2 aromatic heterocycles. The summed E-state index contributed by atoms with van der Waals surface area (Å²) in [6.45, 7) is 1.46. The summed E-state index contributed by atoms with van der Waals surface area (Å²) in [7, 11) is 1.51. The van der Waals surface area contributed by atoms with Crippen molar-refractivity contribution in [1.82, 2.24) is 19.5 Å². The molecule has 92 valence electrons. The van der Waals surface area contributed by atoms with Crippen LogP contribution in [0.3, 0.4) is 0 Å². The molecule has 0 saturated carbocycles. The van der Waals surface area contributed by atoms with Crippen molar-refractivity contribution in [1.29, 1.82) is 0 Å². The Balaban J connectivity index is 2.49. The smallest absolute Gasteiger partial charge is 0.245 e. The van der Waals surface area contributed by atoms with E-state index in [1.54, 1.807) is 17.8 Å². The number of aromatic nitrogens is 4. The molecule has 0 aromatic carbocycles. The third-order valence-electron chi connectivity index (χ3n) is 2.70. The topological polar surface area (TPSA) is 93.3 Å². The SMILES string of the molecule is COc1ncnc2c1ncn2C(C)C(O)CO. The van der Waals surface area contributed by atoms with E-state index >= 15 is 0 Å². The summed E-state index contributed by atoms with van der Waals surface area (Å²) in [5.74, 6) is 0.388. The molecule has 0 bridgehead atoms. The Bertz CT molecular complexity index is 513. The highest BCUT2D eigenvalue weighted by molar-refractivity contribution is 5.76. The molecule has 0 aliphatic rings. The highest BCUT2D eigenvalue weighted by Crippen LogP contribution is 2.22. The van der Waals surface area contributed by atoms with Gasteiger partial charge in [-0.2, -0.15) is 4.98 Å². The van der Waals surface area contributed by atoms with Gasteiger partial charge in [0.2, 0.25) is 5.88 Å². The predicted octanol–water partition coefficient (Wildman–Crippen LogP) is -0.251. The summed E-state index contributed by atoms with van der Waals surface area (Å²) in [5.41, 5.74) is 1.10. The Morgan fingerprint density at radius 3 is 2.82 bits per heavy atom.